The summed E-state index contributed by atoms with van der Waals surface area (Å²) in [5.41, 5.74) is 0. The molecule has 0 aromatic carbocycles. The number of carbonyl (C=O) groups excluding carboxylic acids is 2. The first-order chi connectivity index (χ1) is 13.0. The van der Waals surface area contributed by atoms with E-state index < -0.39 is 0 Å². The summed E-state index contributed by atoms with van der Waals surface area (Å²) in [5, 5.41) is 12.8. The first kappa shape index (κ1) is 19.2. The highest BCUT2D eigenvalue weighted by Crippen LogP contribution is 2.34. The number of aliphatic hydroxyl groups excluding tert-OH is 1. The molecule has 3 unspecified atom stereocenters. The van der Waals surface area contributed by atoms with Crippen LogP contribution in [0, 0.1) is 5.92 Å². The number of nitrogens with one attached hydrogen (secondary N) is 1. The van der Waals surface area contributed by atoms with Crippen LogP contribution in [0.4, 0.5) is 0 Å². The summed E-state index contributed by atoms with van der Waals surface area (Å²) in [6.07, 6.45) is 6.07. The lowest BCUT2D eigenvalue weighted by Crippen LogP contribution is -2.50. The molecule has 152 valence electrons. The van der Waals surface area contributed by atoms with Gasteiger partial charge in [-0.1, -0.05) is 0 Å². The van der Waals surface area contributed by atoms with Crippen molar-refractivity contribution in [2.75, 3.05) is 39.8 Å². The van der Waals surface area contributed by atoms with Crippen LogP contribution < -0.4 is 5.32 Å². The molecule has 1 saturated carbocycles. The van der Waals surface area contributed by atoms with Crippen molar-refractivity contribution in [1.29, 1.82) is 0 Å². The van der Waals surface area contributed by atoms with Gasteiger partial charge in [0.1, 0.15) is 6.04 Å². The standard InChI is InChI=1S/C20H34N4O3/c1-22-15(4-5-18(26)23-9-6-16(25)7-10-23)12-21-20(27)19-17(22)8-11-24(19)13-14-2-3-14/h14-17,19,25H,2-13H2,1H3,(H,21,27). The zero-order chi connectivity index (χ0) is 19.0. The molecular formula is C20H34N4O3. The number of rotatable bonds is 5. The number of likely N-dealkylation sites (N-methyl/N-ethyl adjacent to an activating group) is 1. The minimum Gasteiger partial charge on any atom is -0.393 e. The molecule has 0 aromatic rings. The van der Waals surface area contributed by atoms with Crippen molar-refractivity contribution in [2.24, 2.45) is 5.92 Å². The zero-order valence-corrected chi connectivity index (χ0v) is 16.5. The third-order valence-corrected chi connectivity index (χ3v) is 7.05. The number of piperidine rings is 1. The predicted molar refractivity (Wildman–Crippen MR) is 102 cm³/mol. The molecule has 7 nitrogen and oxygen atoms in total. The number of likely N-dealkylation sites (tertiary alicyclic amines) is 2. The molecule has 3 aliphatic heterocycles. The summed E-state index contributed by atoms with van der Waals surface area (Å²) in [4.78, 5) is 31.9. The molecule has 4 fully saturated rings. The van der Waals surface area contributed by atoms with Crippen LogP contribution in [0.15, 0.2) is 0 Å². The second-order valence-electron chi connectivity index (χ2n) is 8.95. The van der Waals surface area contributed by atoms with Crippen LogP contribution >= 0.6 is 0 Å². The number of hydrogen-bond donors (Lipinski definition) is 2. The fourth-order valence-corrected chi connectivity index (χ4v) is 5.05. The Bertz CT molecular complexity index is 559. The fraction of sp³-hybridized carbons (Fsp3) is 0.900. The third-order valence-electron chi connectivity index (χ3n) is 7.05. The lowest BCUT2D eigenvalue weighted by atomic mass is 10.0. The average Bonchev–Trinajstić information content (AvgIpc) is 3.39. The Labute approximate surface area is 162 Å². The molecule has 2 N–H and O–H groups in total. The molecule has 7 heteroatoms. The smallest absolute Gasteiger partial charge is 0.239 e. The largest absolute Gasteiger partial charge is 0.393 e. The molecular weight excluding hydrogens is 344 g/mol. The van der Waals surface area contributed by atoms with Crippen molar-refractivity contribution in [3.8, 4) is 0 Å². The van der Waals surface area contributed by atoms with E-state index in [1.807, 2.05) is 4.90 Å². The molecule has 0 spiro atoms. The van der Waals surface area contributed by atoms with E-state index in [0.717, 1.165) is 31.8 Å². The lowest BCUT2D eigenvalue weighted by molar-refractivity contribution is -0.133. The highest BCUT2D eigenvalue weighted by atomic mass is 16.3. The van der Waals surface area contributed by atoms with E-state index in [-0.39, 0.29) is 36.0 Å². The van der Waals surface area contributed by atoms with Crippen molar-refractivity contribution in [3.63, 3.8) is 0 Å². The summed E-state index contributed by atoms with van der Waals surface area (Å²) < 4.78 is 0. The molecule has 0 bridgehead atoms. The van der Waals surface area contributed by atoms with Crippen LogP contribution in [0.2, 0.25) is 0 Å². The lowest BCUT2D eigenvalue weighted by Gasteiger charge is -2.34. The first-order valence-corrected chi connectivity index (χ1v) is 10.7. The molecule has 3 saturated heterocycles. The Morgan fingerprint density at radius 1 is 1.15 bits per heavy atom. The monoisotopic (exact) mass is 378 g/mol. The van der Waals surface area contributed by atoms with Gasteiger partial charge in [-0.25, -0.2) is 0 Å². The van der Waals surface area contributed by atoms with Crippen molar-refractivity contribution < 1.29 is 14.7 Å². The highest BCUT2D eigenvalue weighted by molar-refractivity contribution is 5.83. The summed E-state index contributed by atoms with van der Waals surface area (Å²) in [6, 6.07) is 0.445. The van der Waals surface area contributed by atoms with E-state index in [4.69, 9.17) is 0 Å². The number of hydrogen-bond acceptors (Lipinski definition) is 5. The Morgan fingerprint density at radius 3 is 2.59 bits per heavy atom. The molecule has 0 aromatic heterocycles. The second kappa shape index (κ2) is 8.05. The molecule has 4 aliphatic rings. The molecule has 1 aliphatic carbocycles. The van der Waals surface area contributed by atoms with E-state index in [1.54, 1.807) is 0 Å². The number of fused-ring (bicyclic) bond motifs is 1. The predicted octanol–water partition coefficient (Wildman–Crippen LogP) is 0.0330. The molecule has 27 heavy (non-hydrogen) atoms. The van der Waals surface area contributed by atoms with Crippen LogP contribution in [0.3, 0.4) is 0 Å². The summed E-state index contributed by atoms with van der Waals surface area (Å²) in [5.74, 6) is 1.15. The molecule has 3 heterocycles. The fourth-order valence-electron chi connectivity index (χ4n) is 5.05. The van der Waals surface area contributed by atoms with Gasteiger partial charge in [-0.05, 0) is 51.5 Å². The quantitative estimate of drug-likeness (QED) is 0.706. The Balaban J connectivity index is 1.32. The maximum Gasteiger partial charge on any atom is 0.239 e. The summed E-state index contributed by atoms with van der Waals surface area (Å²) >= 11 is 0. The van der Waals surface area contributed by atoms with Crippen molar-refractivity contribution in [1.82, 2.24) is 20.0 Å². The number of amides is 2. The number of nitrogens with zero attached hydrogens (tertiary/aromatic N) is 3. The van der Waals surface area contributed by atoms with Crippen LogP contribution in [0.1, 0.15) is 44.9 Å². The molecule has 4 rings (SSSR count). The van der Waals surface area contributed by atoms with Gasteiger partial charge in [0.2, 0.25) is 11.8 Å². The summed E-state index contributed by atoms with van der Waals surface area (Å²) in [6.45, 7) is 4.03. The second-order valence-corrected chi connectivity index (χ2v) is 8.95. The zero-order valence-electron chi connectivity index (χ0n) is 16.5. The van der Waals surface area contributed by atoms with Gasteiger partial charge in [-0.15, -0.1) is 0 Å². The van der Waals surface area contributed by atoms with Crippen LogP contribution in [-0.2, 0) is 9.59 Å². The van der Waals surface area contributed by atoms with Gasteiger partial charge in [0.25, 0.3) is 0 Å². The van der Waals surface area contributed by atoms with E-state index in [9.17, 15) is 14.7 Å². The SMILES string of the molecule is CN1C(CCC(=O)N2CCC(O)CC2)CNC(=O)C2C1CCN2CC1CC1. The molecule has 3 atom stereocenters. The van der Waals surface area contributed by atoms with Crippen LogP contribution in [-0.4, -0.2) is 95.6 Å². The Hall–Kier alpha value is -1.18. The third kappa shape index (κ3) is 4.30. The maximum atomic E-state index is 12.7. The van der Waals surface area contributed by atoms with Crippen molar-refractivity contribution in [2.45, 2.75) is 69.2 Å². The highest BCUT2D eigenvalue weighted by Gasteiger charge is 2.46. The average molecular weight is 379 g/mol. The summed E-state index contributed by atoms with van der Waals surface area (Å²) in [7, 11) is 2.13. The number of carbonyl (C=O) groups is 2. The Kier molecular flexibility index (Phi) is 5.71. The maximum absolute atomic E-state index is 12.7. The Morgan fingerprint density at radius 2 is 1.89 bits per heavy atom. The van der Waals surface area contributed by atoms with Gasteiger partial charge >= 0.3 is 0 Å². The molecule has 0 radical (unpaired) electrons. The van der Waals surface area contributed by atoms with Gasteiger partial charge in [-0.3, -0.25) is 19.4 Å². The van der Waals surface area contributed by atoms with Gasteiger partial charge in [0.15, 0.2) is 0 Å². The van der Waals surface area contributed by atoms with Gasteiger partial charge in [0.05, 0.1) is 6.10 Å². The van der Waals surface area contributed by atoms with E-state index in [0.29, 0.717) is 38.9 Å². The normalized spacial score (nSPS) is 33.6. The first-order valence-electron chi connectivity index (χ1n) is 10.7. The van der Waals surface area contributed by atoms with E-state index >= 15 is 0 Å². The topological polar surface area (TPSA) is 76.1 Å². The van der Waals surface area contributed by atoms with Gasteiger partial charge < -0.3 is 15.3 Å². The van der Waals surface area contributed by atoms with E-state index in [2.05, 4.69) is 22.2 Å². The van der Waals surface area contributed by atoms with Crippen molar-refractivity contribution >= 4 is 11.8 Å². The minimum atomic E-state index is -0.255. The van der Waals surface area contributed by atoms with Gasteiger partial charge in [-0.2, -0.15) is 0 Å². The number of aliphatic hydroxyl groups is 1. The van der Waals surface area contributed by atoms with Crippen LogP contribution in [0.5, 0.6) is 0 Å². The minimum absolute atomic E-state index is 0.0279. The van der Waals surface area contributed by atoms with E-state index in [1.165, 1.54) is 12.8 Å². The molecule has 2 amide bonds. The van der Waals surface area contributed by atoms with Crippen LogP contribution in [0.25, 0.3) is 0 Å². The van der Waals surface area contributed by atoms with Gasteiger partial charge in [0, 0.05) is 51.2 Å². The van der Waals surface area contributed by atoms with Crippen molar-refractivity contribution in [3.05, 3.63) is 0 Å².